The SMILES string of the molecule is CCS(=O)(=O)N1CCCN(S(=O)(=O)Cc2ccc(F)cc2)CC1. The Morgan fingerprint density at radius 3 is 1.96 bits per heavy atom. The maximum atomic E-state index is 12.9. The smallest absolute Gasteiger partial charge is 0.212 e. The van der Waals surface area contributed by atoms with Crippen LogP contribution in [0.1, 0.15) is 18.9 Å². The fourth-order valence-corrected chi connectivity index (χ4v) is 5.19. The van der Waals surface area contributed by atoms with E-state index >= 15 is 0 Å². The van der Waals surface area contributed by atoms with Gasteiger partial charge >= 0.3 is 0 Å². The molecule has 0 aliphatic carbocycles. The lowest BCUT2D eigenvalue weighted by atomic mass is 10.2. The first kappa shape index (κ1) is 18.3. The molecule has 0 saturated carbocycles. The molecule has 2 rings (SSSR count). The minimum atomic E-state index is -3.56. The molecule has 0 N–H and O–H groups in total. The van der Waals surface area contributed by atoms with Crippen molar-refractivity contribution in [3.63, 3.8) is 0 Å². The fraction of sp³-hybridized carbons (Fsp3) is 0.571. The van der Waals surface area contributed by atoms with Crippen LogP contribution in [0.3, 0.4) is 0 Å². The van der Waals surface area contributed by atoms with Crippen molar-refractivity contribution in [3.05, 3.63) is 35.6 Å². The van der Waals surface area contributed by atoms with Gasteiger partial charge in [0.1, 0.15) is 5.82 Å². The highest BCUT2D eigenvalue weighted by atomic mass is 32.2. The van der Waals surface area contributed by atoms with Crippen LogP contribution in [0.15, 0.2) is 24.3 Å². The minimum absolute atomic E-state index is 0.00926. The summed E-state index contributed by atoms with van der Waals surface area (Å²) in [5, 5.41) is 0. The molecule has 1 fully saturated rings. The number of hydrogen-bond donors (Lipinski definition) is 0. The van der Waals surface area contributed by atoms with E-state index in [4.69, 9.17) is 0 Å². The van der Waals surface area contributed by atoms with Gasteiger partial charge in [-0.05, 0) is 31.0 Å². The Hall–Kier alpha value is -1.03. The second-order valence-electron chi connectivity index (χ2n) is 5.43. The zero-order chi connectivity index (χ0) is 17.1. The van der Waals surface area contributed by atoms with Crippen LogP contribution in [0.2, 0.25) is 0 Å². The Morgan fingerprint density at radius 2 is 1.43 bits per heavy atom. The molecule has 0 bridgehead atoms. The van der Waals surface area contributed by atoms with E-state index in [9.17, 15) is 21.2 Å². The van der Waals surface area contributed by atoms with Gasteiger partial charge in [-0.3, -0.25) is 0 Å². The summed E-state index contributed by atoms with van der Waals surface area (Å²) >= 11 is 0. The van der Waals surface area contributed by atoms with Crippen molar-refractivity contribution < 1.29 is 21.2 Å². The second-order valence-corrected chi connectivity index (χ2v) is 9.66. The van der Waals surface area contributed by atoms with Gasteiger partial charge in [0, 0.05) is 26.2 Å². The number of halogens is 1. The molecule has 1 aromatic rings. The lowest BCUT2D eigenvalue weighted by Gasteiger charge is -2.21. The molecule has 0 amide bonds. The first-order valence-corrected chi connectivity index (χ1v) is 10.7. The molecule has 130 valence electrons. The van der Waals surface area contributed by atoms with Crippen LogP contribution in [0.4, 0.5) is 4.39 Å². The first-order chi connectivity index (χ1) is 10.7. The Kier molecular flexibility index (Phi) is 5.77. The van der Waals surface area contributed by atoms with Crippen LogP contribution in [-0.4, -0.2) is 57.4 Å². The van der Waals surface area contributed by atoms with Gasteiger partial charge in [-0.15, -0.1) is 0 Å². The summed E-state index contributed by atoms with van der Waals surface area (Å²) in [4.78, 5) is 0. The quantitative estimate of drug-likeness (QED) is 0.782. The van der Waals surface area contributed by atoms with E-state index in [1.54, 1.807) is 6.92 Å². The monoisotopic (exact) mass is 364 g/mol. The molecule has 0 radical (unpaired) electrons. The van der Waals surface area contributed by atoms with Crippen molar-refractivity contribution in [1.82, 2.24) is 8.61 Å². The Labute approximate surface area is 137 Å². The molecule has 0 atom stereocenters. The van der Waals surface area contributed by atoms with Gasteiger partial charge in [0.25, 0.3) is 0 Å². The van der Waals surface area contributed by atoms with E-state index in [0.29, 0.717) is 25.1 Å². The molecule has 1 saturated heterocycles. The standard InChI is InChI=1S/C14H21FN2O4S2/c1-2-22(18,19)16-8-3-9-17(11-10-16)23(20,21)12-13-4-6-14(15)7-5-13/h4-7H,2-3,8-12H2,1H3. The van der Waals surface area contributed by atoms with Gasteiger partial charge in [-0.1, -0.05) is 12.1 Å². The average Bonchev–Trinajstić information content (AvgIpc) is 2.76. The molecular weight excluding hydrogens is 343 g/mol. The number of nitrogens with zero attached hydrogens (tertiary/aromatic N) is 2. The molecular formula is C14H21FN2O4S2. The number of rotatable bonds is 5. The van der Waals surface area contributed by atoms with Crippen LogP contribution < -0.4 is 0 Å². The molecule has 23 heavy (non-hydrogen) atoms. The van der Waals surface area contributed by atoms with E-state index in [0.717, 1.165) is 0 Å². The lowest BCUT2D eigenvalue weighted by molar-refractivity contribution is 0.404. The van der Waals surface area contributed by atoms with E-state index in [1.165, 1.54) is 32.9 Å². The molecule has 0 aromatic heterocycles. The molecule has 1 aromatic carbocycles. The van der Waals surface area contributed by atoms with Crippen LogP contribution in [0.25, 0.3) is 0 Å². The highest BCUT2D eigenvalue weighted by Gasteiger charge is 2.29. The van der Waals surface area contributed by atoms with Crippen molar-refractivity contribution >= 4 is 20.0 Å². The third-order valence-electron chi connectivity index (χ3n) is 3.83. The van der Waals surface area contributed by atoms with Crippen LogP contribution in [0.5, 0.6) is 0 Å². The maximum absolute atomic E-state index is 12.9. The van der Waals surface area contributed by atoms with Crippen LogP contribution in [0, 0.1) is 5.82 Å². The third kappa shape index (κ3) is 4.72. The Bertz CT molecular complexity index is 733. The summed E-state index contributed by atoms with van der Waals surface area (Å²) in [7, 11) is -6.87. The molecule has 1 aliphatic rings. The number of hydrogen-bond acceptors (Lipinski definition) is 4. The predicted octanol–water partition coefficient (Wildman–Crippen LogP) is 1.01. The van der Waals surface area contributed by atoms with Crippen molar-refractivity contribution in [2.45, 2.75) is 19.1 Å². The normalized spacial score (nSPS) is 18.7. The van der Waals surface area contributed by atoms with Gasteiger partial charge in [0.15, 0.2) is 0 Å². The molecule has 1 heterocycles. The number of sulfonamides is 2. The summed E-state index contributed by atoms with van der Waals surface area (Å²) in [5.41, 5.74) is 0.508. The summed E-state index contributed by atoms with van der Waals surface area (Å²) in [6, 6.07) is 5.34. The number of benzene rings is 1. The van der Waals surface area contributed by atoms with Gasteiger partial charge in [0.2, 0.25) is 20.0 Å². The molecule has 1 aliphatic heterocycles. The summed E-state index contributed by atoms with van der Waals surface area (Å²) in [6.07, 6.45) is 0.460. The van der Waals surface area contributed by atoms with Gasteiger partial charge in [0.05, 0.1) is 11.5 Å². The second kappa shape index (κ2) is 7.25. The summed E-state index contributed by atoms with van der Waals surface area (Å²) < 4.78 is 64.3. The summed E-state index contributed by atoms with van der Waals surface area (Å²) in [5.74, 6) is -0.621. The molecule has 0 spiro atoms. The van der Waals surface area contributed by atoms with E-state index in [1.807, 2.05) is 0 Å². The predicted molar refractivity (Wildman–Crippen MR) is 86.2 cm³/mol. The summed E-state index contributed by atoms with van der Waals surface area (Å²) in [6.45, 7) is 2.50. The minimum Gasteiger partial charge on any atom is -0.212 e. The third-order valence-corrected chi connectivity index (χ3v) is 7.56. The van der Waals surface area contributed by atoms with Crippen molar-refractivity contribution in [3.8, 4) is 0 Å². The first-order valence-electron chi connectivity index (χ1n) is 7.45. The topological polar surface area (TPSA) is 74.8 Å². The molecule has 0 unspecified atom stereocenters. The molecule has 6 nitrogen and oxygen atoms in total. The van der Waals surface area contributed by atoms with Crippen LogP contribution >= 0.6 is 0 Å². The zero-order valence-corrected chi connectivity index (χ0v) is 14.6. The van der Waals surface area contributed by atoms with Gasteiger partial charge in [-0.25, -0.2) is 29.8 Å². The van der Waals surface area contributed by atoms with Crippen LogP contribution in [-0.2, 0) is 25.8 Å². The van der Waals surface area contributed by atoms with Gasteiger partial charge < -0.3 is 0 Å². The largest absolute Gasteiger partial charge is 0.218 e. The molecule has 9 heteroatoms. The highest BCUT2D eigenvalue weighted by molar-refractivity contribution is 7.89. The van der Waals surface area contributed by atoms with Crippen molar-refractivity contribution in [1.29, 1.82) is 0 Å². The average molecular weight is 364 g/mol. The Balaban J connectivity index is 2.07. The highest BCUT2D eigenvalue weighted by Crippen LogP contribution is 2.16. The van der Waals surface area contributed by atoms with E-state index < -0.39 is 25.9 Å². The van der Waals surface area contributed by atoms with Gasteiger partial charge in [-0.2, -0.15) is 0 Å². The Morgan fingerprint density at radius 1 is 0.913 bits per heavy atom. The van der Waals surface area contributed by atoms with E-state index in [-0.39, 0.29) is 24.6 Å². The fourth-order valence-electron chi connectivity index (χ4n) is 2.49. The maximum Gasteiger partial charge on any atom is 0.218 e. The zero-order valence-electron chi connectivity index (χ0n) is 13.0. The van der Waals surface area contributed by atoms with Crippen molar-refractivity contribution in [2.24, 2.45) is 0 Å². The van der Waals surface area contributed by atoms with E-state index in [2.05, 4.69) is 0 Å². The lowest BCUT2D eigenvalue weighted by Crippen LogP contribution is -2.38. The van der Waals surface area contributed by atoms with Crippen molar-refractivity contribution in [2.75, 3.05) is 31.9 Å².